The number of hydrogen-bond acceptors (Lipinski definition) is 4. The first-order chi connectivity index (χ1) is 8.70. The summed E-state index contributed by atoms with van der Waals surface area (Å²) in [6, 6.07) is -0.820. The Kier molecular flexibility index (Phi) is 5.12. The zero-order valence-electron chi connectivity index (χ0n) is 11.0. The highest BCUT2D eigenvalue weighted by Crippen LogP contribution is 2.06. The number of nitrogens with zero attached hydrogens (tertiary/aromatic N) is 2. The minimum Gasteiger partial charge on any atom is -0.481 e. The summed E-state index contributed by atoms with van der Waals surface area (Å²) in [5, 5.41) is 11.2. The molecule has 1 atom stereocenters. The van der Waals surface area contributed by atoms with Crippen LogP contribution in [-0.2, 0) is 14.8 Å². The Morgan fingerprint density at radius 3 is 2.21 bits per heavy atom. The minimum absolute atomic E-state index is 0.144. The molecular formula is C10H19N3O5S. The Morgan fingerprint density at radius 2 is 1.79 bits per heavy atom. The van der Waals surface area contributed by atoms with Crippen LogP contribution < -0.4 is 5.32 Å². The molecule has 0 spiro atoms. The molecule has 0 aromatic rings. The van der Waals surface area contributed by atoms with E-state index < -0.39 is 22.0 Å². The molecule has 2 amide bonds. The van der Waals surface area contributed by atoms with Gasteiger partial charge in [0.2, 0.25) is 10.0 Å². The molecule has 1 heterocycles. The molecule has 0 aromatic heterocycles. The Balaban J connectivity index is 2.43. The number of urea groups is 1. The fraction of sp³-hybridized carbons (Fsp3) is 0.800. The fourth-order valence-corrected chi connectivity index (χ4v) is 2.66. The summed E-state index contributed by atoms with van der Waals surface area (Å²) >= 11 is 0. The summed E-state index contributed by atoms with van der Waals surface area (Å²) in [5.41, 5.74) is 0. The number of rotatable bonds is 4. The van der Waals surface area contributed by atoms with Crippen LogP contribution in [0, 0.1) is 0 Å². The van der Waals surface area contributed by atoms with E-state index in [0.717, 1.165) is 6.26 Å². The molecule has 1 saturated heterocycles. The van der Waals surface area contributed by atoms with Gasteiger partial charge in [0.1, 0.15) is 0 Å². The number of carboxylic acid groups (broad SMARTS) is 1. The van der Waals surface area contributed by atoms with E-state index in [-0.39, 0.29) is 25.5 Å². The van der Waals surface area contributed by atoms with Crippen molar-refractivity contribution < 1.29 is 23.1 Å². The molecule has 1 aliphatic heterocycles. The third-order valence-corrected chi connectivity index (χ3v) is 4.15. The lowest BCUT2D eigenvalue weighted by molar-refractivity contribution is -0.137. The van der Waals surface area contributed by atoms with Crippen LogP contribution in [0.1, 0.15) is 13.3 Å². The van der Waals surface area contributed by atoms with Crippen molar-refractivity contribution in [3.8, 4) is 0 Å². The first kappa shape index (κ1) is 15.7. The predicted molar refractivity (Wildman–Crippen MR) is 68.2 cm³/mol. The third kappa shape index (κ3) is 5.03. The van der Waals surface area contributed by atoms with E-state index in [4.69, 9.17) is 5.11 Å². The second kappa shape index (κ2) is 6.20. The highest BCUT2D eigenvalue weighted by atomic mass is 32.2. The van der Waals surface area contributed by atoms with E-state index in [2.05, 4.69) is 5.32 Å². The smallest absolute Gasteiger partial charge is 0.317 e. The monoisotopic (exact) mass is 293 g/mol. The molecule has 1 unspecified atom stereocenters. The van der Waals surface area contributed by atoms with Crippen LogP contribution in [0.3, 0.4) is 0 Å². The van der Waals surface area contributed by atoms with E-state index in [1.165, 1.54) is 9.21 Å². The number of sulfonamides is 1. The molecule has 0 aliphatic carbocycles. The molecule has 8 nitrogen and oxygen atoms in total. The number of carbonyl (C=O) groups is 2. The van der Waals surface area contributed by atoms with Crippen molar-refractivity contribution in [3.63, 3.8) is 0 Å². The number of aliphatic carboxylic acids is 1. The van der Waals surface area contributed by atoms with E-state index in [9.17, 15) is 18.0 Å². The summed E-state index contributed by atoms with van der Waals surface area (Å²) in [6.07, 6.45) is 0.993. The average molecular weight is 293 g/mol. The second-order valence-electron chi connectivity index (χ2n) is 4.60. The molecule has 110 valence electrons. The lowest BCUT2D eigenvalue weighted by atomic mass is 10.2. The van der Waals surface area contributed by atoms with Crippen LogP contribution in [0.15, 0.2) is 0 Å². The van der Waals surface area contributed by atoms with Gasteiger partial charge in [-0.05, 0) is 6.92 Å². The number of piperazine rings is 1. The molecule has 0 bridgehead atoms. The molecule has 0 radical (unpaired) electrons. The Bertz CT molecular complexity index is 442. The van der Waals surface area contributed by atoms with Gasteiger partial charge in [-0.3, -0.25) is 4.79 Å². The van der Waals surface area contributed by atoms with Crippen molar-refractivity contribution >= 4 is 22.0 Å². The average Bonchev–Trinajstić information content (AvgIpc) is 2.26. The minimum atomic E-state index is -3.22. The molecule has 9 heteroatoms. The summed E-state index contributed by atoms with van der Waals surface area (Å²) < 4.78 is 23.9. The van der Waals surface area contributed by atoms with Gasteiger partial charge in [0, 0.05) is 32.2 Å². The standard InChI is InChI=1S/C10H19N3O5S/c1-8(7-9(14)15)11-10(16)12-3-5-13(6-4-12)19(2,17)18/h8H,3-7H2,1-2H3,(H,11,16)(H,14,15). The maximum Gasteiger partial charge on any atom is 0.317 e. The van der Waals surface area contributed by atoms with Gasteiger partial charge in [0.25, 0.3) is 0 Å². The lowest BCUT2D eigenvalue weighted by Crippen LogP contribution is -2.54. The normalized spacial score (nSPS) is 18.9. The fourth-order valence-electron chi connectivity index (χ4n) is 1.84. The van der Waals surface area contributed by atoms with Crippen molar-refractivity contribution in [3.05, 3.63) is 0 Å². The summed E-state index contributed by atoms with van der Waals surface area (Å²) in [7, 11) is -3.22. The third-order valence-electron chi connectivity index (χ3n) is 2.85. The van der Waals surface area contributed by atoms with Crippen LogP contribution in [0.2, 0.25) is 0 Å². The molecular weight excluding hydrogens is 274 g/mol. The SMILES string of the molecule is CC(CC(=O)O)NC(=O)N1CCN(S(C)(=O)=O)CC1. The molecule has 1 fully saturated rings. The van der Waals surface area contributed by atoms with Gasteiger partial charge in [-0.2, -0.15) is 4.31 Å². The second-order valence-corrected chi connectivity index (χ2v) is 6.58. The van der Waals surface area contributed by atoms with E-state index in [1.54, 1.807) is 6.92 Å². The Labute approximate surface area is 112 Å². The van der Waals surface area contributed by atoms with Crippen LogP contribution in [0.25, 0.3) is 0 Å². The van der Waals surface area contributed by atoms with Crippen LogP contribution in [0.4, 0.5) is 4.79 Å². The van der Waals surface area contributed by atoms with Gasteiger partial charge in [-0.25, -0.2) is 13.2 Å². The number of nitrogens with one attached hydrogen (secondary N) is 1. The maximum absolute atomic E-state index is 11.8. The predicted octanol–water partition coefficient (Wildman–Crippen LogP) is -0.864. The highest BCUT2D eigenvalue weighted by Gasteiger charge is 2.26. The quantitative estimate of drug-likeness (QED) is 0.701. The Hall–Kier alpha value is -1.35. The largest absolute Gasteiger partial charge is 0.481 e. The van der Waals surface area contributed by atoms with Crippen molar-refractivity contribution in [1.29, 1.82) is 0 Å². The first-order valence-corrected chi connectivity index (χ1v) is 7.77. The van der Waals surface area contributed by atoms with Crippen molar-refractivity contribution in [2.75, 3.05) is 32.4 Å². The van der Waals surface area contributed by atoms with Crippen LogP contribution in [0.5, 0.6) is 0 Å². The highest BCUT2D eigenvalue weighted by molar-refractivity contribution is 7.88. The van der Waals surface area contributed by atoms with E-state index in [0.29, 0.717) is 13.1 Å². The van der Waals surface area contributed by atoms with E-state index in [1.807, 2.05) is 0 Å². The van der Waals surface area contributed by atoms with E-state index >= 15 is 0 Å². The maximum atomic E-state index is 11.8. The molecule has 1 aliphatic rings. The molecule has 0 aromatic carbocycles. The van der Waals surface area contributed by atoms with Crippen molar-refractivity contribution in [2.45, 2.75) is 19.4 Å². The zero-order chi connectivity index (χ0) is 14.6. The number of amides is 2. The van der Waals surface area contributed by atoms with Crippen molar-refractivity contribution in [2.24, 2.45) is 0 Å². The molecule has 1 rings (SSSR count). The van der Waals surface area contributed by atoms with Crippen LogP contribution in [-0.4, -0.2) is 73.2 Å². The molecule has 0 saturated carbocycles. The summed E-state index contributed by atoms with van der Waals surface area (Å²) in [5.74, 6) is -0.977. The van der Waals surface area contributed by atoms with Gasteiger partial charge < -0.3 is 15.3 Å². The Morgan fingerprint density at radius 1 is 1.26 bits per heavy atom. The zero-order valence-corrected chi connectivity index (χ0v) is 11.8. The van der Waals surface area contributed by atoms with Gasteiger partial charge in [-0.15, -0.1) is 0 Å². The van der Waals surface area contributed by atoms with Gasteiger partial charge in [-0.1, -0.05) is 0 Å². The van der Waals surface area contributed by atoms with Crippen LogP contribution >= 0.6 is 0 Å². The topological polar surface area (TPSA) is 107 Å². The molecule has 2 N–H and O–H groups in total. The van der Waals surface area contributed by atoms with Gasteiger partial charge in [0.15, 0.2) is 0 Å². The molecule has 19 heavy (non-hydrogen) atoms. The number of carbonyl (C=O) groups excluding carboxylic acids is 1. The number of carboxylic acids is 1. The lowest BCUT2D eigenvalue weighted by Gasteiger charge is -2.33. The van der Waals surface area contributed by atoms with Gasteiger partial charge >= 0.3 is 12.0 Å². The first-order valence-electron chi connectivity index (χ1n) is 5.92. The van der Waals surface area contributed by atoms with Crippen molar-refractivity contribution in [1.82, 2.24) is 14.5 Å². The summed E-state index contributed by atoms with van der Waals surface area (Å²) in [6.45, 7) is 2.75. The number of hydrogen-bond donors (Lipinski definition) is 2. The summed E-state index contributed by atoms with van der Waals surface area (Å²) in [4.78, 5) is 23.8. The van der Waals surface area contributed by atoms with Gasteiger partial charge in [0.05, 0.1) is 12.7 Å².